The highest BCUT2D eigenvalue weighted by atomic mass is 79.9. The molecule has 21 heavy (non-hydrogen) atoms. The van der Waals surface area contributed by atoms with E-state index in [0.29, 0.717) is 0 Å². The van der Waals surface area contributed by atoms with Gasteiger partial charge in [0.15, 0.2) is 0 Å². The van der Waals surface area contributed by atoms with Gasteiger partial charge in [0.25, 0.3) is 0 Å². The molecule has 2 aromatic carbocycles. The molecule has 0 heterocycles. The molecule has 0 bridgehead atoms. The smallest absolute Gasteiger partial charge is 0.136 e. The van der Waals surface area contributed by atoms with Crippen LogP contribution in [-0.4, -0.2) is 9.30 Å². The molecule has 2 rings (SSSR count). The number of hydrogen-bond acceptors (Lipinski definition) is 2. The molecule has 2 atom stereocenters. The molecule has 0 aliphatic carbocycles. The highest BCUT2D eigenvalue weighted by molar-refractivity contribution is 9.10. The monoisotopic (exact) mass is 365 g/mol. The number of halogens is 1. The minimum absolute atomic E-state index is 0.0839. The third-order valence-corrected chi connectivity index (χ3v) is 5.21. The van der Waals surface area contributed by atoms with E-state index in [0.717, 1.165) is 15.6 Å². The van der Waals surface area contributed by atoms with E-state index in [1.165, 1.54) is 0 Å². The Hall–Kier alpha value is -0.810. The molecular weight excluding hydrogens is 346 g/mol. The lowest BCUT2D eigenvalue weighted by Gasteiger charge is -2.28. The maximum atomic E-state index is 12.5. The summed E-state index contributed by atoms with van der Waals surface area (Å²) in [4.78, 5) is 0. The van der Waals surface area contributed by atoms with Crippen LogP contribution in [0.1, 0.15) is 37.9 Å². The molecule has 4 heteroatoms. The molecule has 2 aromatic rings. The molecule has 0 unspecified atom stereocenters. The van der Waals surface area contributed by atoms with Gasteiger partial charge in [-0.3, -0.25) is 0 Å². The fraction of sp³-hybridized carbons (Fsp3) is 0.294. The van der Waals surface area contributed by atoms with Crippen LogP contribution in [0.3, 0.4) is 0 Å². The Morgan fingerprint density at radius 1 is 0.952 bits per heavy atom. The quantitative estimate of drug-likeness (QED) is 0.804. The first kappa shape index (κ1) is 16.6. The predicted molar refractivity (Wildman–Crippen MR) is 93.5 cm³/mol. The van der Waals surface area contributed by atoms with Crippen LogP contribution in [0.15, 0.2) is 59.1 Å². The van der Waals surface area contributed by atoms with Gasteiger partial charge < -0.3 is 4.55 Å². The highest BCUT2D eigenvalue weighted by Crippen LogP contribution is 2.26. The van der Waals surface area contributed by atoms with Crippen LogP contribution >= 0.6 is 15.9 Å². The molecule has 0 radical (unpaired) electrons. The average molecular weight is 366 g/mol. The van der Waals surface area contributed by atoms with E-state index >= 15 is 0 Å². The van der Waals surface area contributed by atoms with Gasteiger partial charge in [-0.1, -0.05) is 58.4 Å². The fourth-order valence-electron chi connectivity index (χ4n) is 1.91. The third-order valence-electron chi connectivity index (χ3n) is 3.12. The van der Waals surface area contributed by atoms with E-state index in [1.807, 2.05) is 51.1 Å². The summed E-state index contributed by atoms with van der Waals surface area (Å²) in [6, 6.07) is 18.1. The van der Waals surface area contributed by atoms with Gasteiger partial charge in [-0.05, 0) is 44.0 Å². The maximum absolute atomic E-state index is 12.5. The van der Waals surface area contributed by atoms with Crippen molar-refractivity contribution in [3.05, 3.63) is 70.2 Å². The van der Waals surface area contributed by atoms with Gasteiger partial charge in [-0.15, -0.1) is 4.72 Å². The Bertz CT molecular complexity index is 566. The lowest BCUT2D eigenvalue weighted by atomic mass is 10.00. The van der Waals surface area contributed by atoms with Crippen LogP contribution in [0.5, 0.6) is 0 Å². The summed E-state index contributed by atoms with van der Waals surface area (Å²) in [6.07, 6.45) is 0. The van der Waals surface area contributed by atoms with Crippen molar-refractivity contribution in [1.29, 1.82) is 0 Å². The van der Waals surface area contributed by atoms with Gasteiger partial charge in [0, 0.05) is 15.8 Å². The number of nitrogens with one attached hydrogen (secondary N) is 1. The zero-order chi connectivity index (χ0) is 15.5. The van der Waals surface area contributed by atoms with Crippen LogP contribution in [-0.2, 0) is 11.4 Å². The van der Waals surface area contributed by atoms with Crippen molar-refractivity contribution in [3.8, 4) is 0 Å². The van der Waals surface area contributed by atoms with Crippen molar-refractivity contribution in [3.63, 3.8) is 0 Å². The zero-order valence-corrected chi connectivity index (χ0v) is 14.9. The van der Waals surface area contributed by atoms with Crippen LogP contribution in [0.4, 0.5) is 0 Å². The standard InChI is InChI=1S/C17H20BrNOS/c1-17(2,3)21(20)19-16(13-7-5-4-6-8-13)14-9-11-15(18)12-10-14/h4-12,16,19H,1-3H3/t16-,21-/m0/s1. The Morgan fingerprint density at radius 2 is 1.48 bits per heavy atom. The van der Waals surface area contributed by atoms with Gasteiger partial charge in [0.05, 0.1) is 0 Å². The molecule has 0 aliphatic heterocycles. The Labute approximate surface area is 138 Å². The largest absolute Gasteiger partial charge is 0.598 e. The molecular formula is C17H20BrNOS. The lowest BCUT2D eigenvalue weighted by molar-refractivity contribution is 0.535. The van der Waals surface area contributed by atoms with E-state index in [1.54, 1.807) is 0 Å². The molecule has 0 amide bonds. The normalized spacial score (nSPS) is 14.7. The van der Waals surface area contributed by atoms with E-state index in [9.17, 15) is 4.55 Å². The number of rotatable bonds is 4. The fourth-order valence-corrected chi connectivity index (χ4v) is 3.02. The SMILES string of the molecule is CC(C)(C)[S@+]([O-])N[C@@H](c1ccccc1)c1ccc(Br)cc1. The van der Waals surface area contributed by atoms with Crippen molar-refractivity contribution in [2.24, 2.45) is 0 Å². The van der Waals surface area contributed by atoms with Crippen molar-refractivity contribution >= 4 is 27.3 Å². The first-order valence-electron chi connectivity index (χ1n) is 6.86. The van der Waals surface area contributed by atoms with Crippen molar-refractivity contribution in [2.45, 2.75) is 31.6 Å². The summed E-state index contributed by atoms with van der Waals surface area (Å²) in [5.74, 6) is 0. The van der Waals surface area contributed by atoms with E-state index < -0.39 is 11.4 Å². The Morgan fingerprint density at radius 3 is 2.00 bits per heavy atom. The molecule has 0 aliphatic rings. The summed E-state index contributed by atoms with van der Waals surface area (Å²) in [6.45, 7) is 5.92. The molecule has 2 nitrogen and oxygen atoms in total. The van der Waals surface area contributed by atoms with Crippen molar-refractivity contribution in [2.75, 3.05) is 0 Å². The molecule has 0 saturated carbocycles. The molecule has 112 valence electrons. The number of hydrogen-bond donors (Lipinski definition) is 1. The van der Waals surface area contributed by atoms with Gasteiger partial charge in [-0.2, -0.15) is 0 Å². The van der Waals surface area contributed by atoms with Gasteiger partial charge >= 0.3 is 0 Å². The predicted octanol–water partition coefficient (Wildman–Crippen LogP) is 4.59. The summed E-state index contributed by atoms with van der Waals surface area (Å²) in [5.41, 5.74) is 2.21. The zero-order valence-electron chi connectivity index (χ0n) is 12.5. The second-order valence-electron chi connectivity index (χ2n) is 5.89. The third kappa shape index (κ3) is 4.58. The van der Waals surface area contributed by atoms with E-state index in [2.05, 4.69) is 44.9 Å². The molecule has 0 fully saturated rings. The second kappa shape index (κ2) is 6.97. The average Bonchev–Trinajstić information content (AvgIpc) is 2.45. The van der Waals surface area contributed by atoms with E-state index in [4.69, 9.17) is 0 Å². The molecule has 1 N–H and O–H groups in total. The number of benzene rings is 2. The van der Waals surface area contributed by atoms with Gasteiger partial charge in [0.1, 0.15) is 10.8 Å². The minimum Gasteiger partial charge on any atom is -0.598 e. The minimum atomic E-state index is -1.14. The summed E-state index contributed by atoms with van der Waals surface area (Å²) >= 11 is 2.32. The lowest BCUT2D eigenvalue weighted by Crippen LogP contribution is -2.41. The van der Waals surface area contributed by atoms with Gasteiger partial charge in [-0.25, -0.2) is 0 Å². The second-order valence-corrected chi connectivity index (χ2v) is 8.81. The van der Waals surface area contributed by atoms with Crippen molar-refractivity contribution < 1.29 is 4.55 Å². The van der Waals surface area contributed by atoms with Crippen LogP contribution in [0.2, 0.25) is 0 Å². The Kier molecular flexibility index (Phi) is 5.49. The van der Waals surface area contributed by atoms with Crippen LogP contribution in [0, 0.1) is 0 Å². The maximum Gasteiger partial charge on any atom is 0.136 e. The Balaban J connectivity index is 2.33. The van der Waals surface area contributed by atoms with Crippen molar-refractivity contribution in [1.82, 2.24) is 4.72 Å². The van der Waals surface area contributed by atoms with Crippen LogP contribution in [0.25, 0.3) is 0 Å². The summed E-state index contributed by atoms with van der Waals surface area (Å²) in [7, 11) is 0. The molecule has 0 spiro atoms. The first-order chi connectivity index (χ1) is 9.88. The highest BCUT2D eigenvalue weighted by Gasteiger charge is 2.30. The van der Waals surface area contributed by atoms with Crippen LogP contribution < -0.4 is 4.72 Å². The van der Waals surface area contributed by atoms with E-state index in [-0.39, 0.29) is 10.8 Å². The molecule has 0 aromatic heterocycles. The summed E-state index contributed by atoms with van der Waals surface area (Å²) < 4.78 is 16.5. The van der Waals surface area contributed by atoms with Gasteiger partial charge in [0.2, 0.25) is 0 Å². The molecule has 0 saturated heterocycles. The first-order valence-corrected chi connectivity index (χ1v) is 8.80. The topological polar surface area (TPSA) is 35.1 Å². The summed E-state index contributed by atoms with van der Waals surface area (Å²) in [5, 5.41) is 0.